The van der Waals surface area contributed by atoms with E-state index in [0.29, 0.717) is 24.0 Å². The van der Waals surface area contributed by atoms with E-state index >= 15 is 0 Å². The van der Waals surface area contributed by atoms with Gasteiger partial charge in [-0.05, 0) is 26.0 Å². The minimum Gasteiger partial charge on any atom is -0.497 e. The van der Waals surface area contributed by atoms with Gasteiger partial charge in [0.2, 0.25) is 0 Å². The number of aromatic nitrogens is 1. The van der Waals surface area contributed by atoms with E-state index in [1.165, 1.54) is 32.1 Å². The van der Waals surface area contributed by atoms with Crippen molar-refractivity contribution in [3.05, 3.63) is 24.0 Å². The smallest absolute Gasteiger partial charge is 0.272 e. The van der Waals surface area contributed by atoms with Gasteiger partial charge in [-0.1, -0.05) is 19.3 Å². The molecule has 0 radical (unpaired) electrons. The van der Waals surface area contributed by atoms with Crippen molar-refractivity contribution in [3.63, 3.8) is 0 Å². The lowest BCUT2D eigenvalue weighted by Crippen LogP contribution is -2.40. The molecule has 0 spiro atoms. The van der Waals surface area contributed by atoms with Crippen LogP contribution in [-0.4, -0.2) is 61.0 Å². The van der Waals surface area contributed by atoms with Crippen molar-refractivity contribution < 1.29 is 9.53 Å². The second-order valence-electron chi connectivity index (χ2n) is 6.08. The van der Waals surface area contributed by atoms with Gasteiger partial charge in [0.25, 0.3) is 5.91 Å². The molecule has 0 atom stereocenters. The Hall–Kier alpha value is -1.62. The summed E-state index contributed by atoms with van der Waals surface area (Å²) in [7, 11) is 5.59. The highest BCUT2D eigenvalue weighted by molar-refractivity contribution is 5.92. The first-order chi connectivity index (χ1) is 10.6. The third-order valence-electron chi connectivity index (χ3n) is 4.52. The molecule has 0 aromatic carbocycles. The van der Waals surface area contributed by atoms with Crippen molar-refractivity contribution >= 4 is 5.91 Å². The molecule has 1 aromatic heterocycles. The lowest BCUT2D eigenvalue weighted by Gasteiger charge is -2.32. The van der Waals surface area contributed by atoms with E-state index in [4.69, 9.17) is 4.74 Å². The number of rotatable bonds is 6. The van der Waals surface area contributed by atoms with E-state index in [0.717, 1.165) is 6.54 Å². The number of carbonyl (C=O) groups excluding carboxylic acids is 1. The minimum atomic E-state index is -0.0593. The van der Waals surface area contributed by atoms with Gasteiger partial charge in [0.05, 0.1) is 7.11 Å². The maximum absolute atomic E-state index is 12.4. The molecule has 1 heterocycles. The molecule has 0 aliphatic heterocycles. The number of nitrogens with zero attached hydrogens (tertiary/aromatic N) is 3. The van der Waals surface area contributed by atoms with Crippen LogP contribution in [0.3, 0.4) is 0 Å². The zero-order valence-electron chi connectivity index (χ0n) is 13.9. The maximum atomic E-state index is 12.4. The van der Waals surface area contributed by atoms with E-state index in [1.54, 1.807) is 30.3 Å². The summed E-state index contributed by atoms with van der Waals surface area (Å²) >= 11 is 0. The number of methoxy groups -OCH3 is 1. The number of hydrogen-bond acceptors (Lipinski definition) is 4. The van der Waals surface area contributed by atoms with E-state index in [2.05, 4.69) is 16.9 Å². The quantitative estimate of drug-likeness (QED) is 0.810. The lowest BCUT2D eigenvalue weighted by atomic mass is 9.94. The molecule has 1 amide bonds. The summed E-state index contributed by atoms with van der Waals surface area (Å²) < 4.78 is 5.14. The van der Waals surface area contributed by atoms with E-state index in [-0.39, 0.29) is 5.91 Å². The van der Waals surface area contributed by atoms with Crippen LogP contribution in [0.4, 0.5) is 0 Å². The monoisotopic (exact) mass is 305 g/mol. The van der Waals surface area contributed by atoms with Gasteiger partial charge >= 0.3 is 0 Å². The Bertz CT molecular complexity index is 487. The Morgan fingerprint density at radius 3 is 2.68 bits per heavy atom. The standard InChI is InChI=1S/C17H27N3O2/c1-19(14-7-5-4-6-8-14)11-12-20(2)17(21)16-13-15(22-3)9-10-18-16/h9-10,13-14H,4-8,11-12H2,1-3H3. The first-order valence-electron chi connectivity index (χ1n) is 8.07. The van der Waals surface area contributed by atoms with Crippen LogP contribution in [0.5, 0.6) is 5.75 Å². The summed E-state index contributed by atoms with van der Waals surface area (Å²) in [6, 6.07) is 4.10. The molecule has 1 aliphatic rings. The van der Waals surface area contributed by atoms with Crippen molar-refractivity contribution in [1.82, 2.24) is 14.8 Å². The first kappa shape index (κ1) is 16.7. The molecular formula is C17H27N3O2. The van der Waals surface area contributed by atoms with E-state index < -0.39 is 0 Å². The summed E-state index contributed by atoms with van der Waals surface area (Å²) in [5.41, 5.74) is 0.433. The summed E-state index contributed by atoms with van der Waals surface area (Å²) in [6.07, 6.45) is 8.20. The fourth-order valence-electron chi connectivity index (χ4n) is 2.96. The van der Waals surface area contributed by atoms with Crippen LogP contribution < -0.4 is 4.74 Å². The Morgan fingerprint density at radius 2 is 2.00 bits per heavy atom. The summed E-state index contributed by atoms with van der Waals surface area (Å²) in [5.74, 6) is 0.599. The molecule has 0 unspecified atom stereocenters. The molecule has 0 saturated heterocycles. The van der Waals surface area contributed by atoms with Crippen molar-refractivity contribution in [3.8, 4) is 5.75 Å². The predicted octanol–water partition coefficient (Wildman–Crippen LogP) is 2.43. The highest BCUT2D eigenvalue weighted by Crippen LogP contribution is 2.21. The fraction of sp³-hybridized carbons (Fsp3) is 0.647. The highest BCUT2D eigenvalue weighted by atomic mass is 16.5. The Kier molecular flexibility index (Phi) is 6.19. The average Bonchev–Trinajstić information content (AvgIpc) is 2.59. The number of carbonyl (C=O) groups is 1. The van der Waals surface area contributed by atoms with E-state index in [1.807, 2.05) is 7.05 Å². The summed E-state index contributed by atoms with van der Waals surface area (Å²) in [6.45, 7) is 1.61. The molecule has 1 saturated carbocycles. The number of ether oxygens (including phenoxy) is 1. The molecule has 5 heteroatoms. The van der Waals surface area contributed by atoms with Crippen LogP contribution in [0.15, 0.2) is 18.3 Å². The van der Waals surface area contributed by atoms with Crippen LogP contribution in [0.1, 0.15) is 42.6 Å². The molecule has 5 nitrogen and oxygen atoms in total. The SMILES string of the molecule is COc1ccnc(C(=O)N(C)CCN(C)C2CCCCC2)c1. The number of likely N-dealkylation sites (N-methyl/N-ethyl adjacent to an activating group) is 2. The first-order valence-corrected chi connectivity index (χ1v) is 8.07. The normalized spacial score (nSPS) is 15.8. The minimum absolute atomic E-state index is 0.0593. The maximum Gasteiger partial charge on any atom is 0.272 e. The van der Waals surface area contributed by atoms with E-state index in [9.17, 15) is 4.79 Å². The summed E-state index contributed by atoms with van der Waals surface area (Å²) in [4.78, 5) is 20.7. The second kappa shape index (κ2) is 8.13. The molecule has 1 aliphatic carbocycles. The fourth-order valence-corrected chi connectivity index (χ4v) is 2.96. The third kappa shape index (κ3) is 4.44. The van der Waals surface area contributed by atoms with Crippen molar-refractivity contribution in [2.75, 3.05) is 34.3 Å². The number of hydrogen-bond donors (Lipinski definition) is 0. The van der Waals surface area contributed by atoms with Crippen molar-refractivity contribution in [1.29, 1.82) is 0 Å². The molecule has 2 rings (SSSR count). The summed E-state index contributed by atoms with van der Waals surface area (Å²) in [5, 5.41) is 0. The zero-order chi connectivity index (χ0) is 15.9. The molecule has 1 aromatic rings. The van der Waals surface area contributed by atoms with Gasteiger partial charge in [-0.15, -0.1) is 0 Å². The Labute approximate surface area is 133 Å². The van der Waals surface area contributed by atoms with Crippen LogP contribution in [0.25, 0.3) is 0 Å². The van der Waals surface area contributed by atoms with Gasteiger partial charge in [-0.2, -0.15) is 0 Å². The van der Waals surface area contributed by atoms with Gasteiger partial charge in [0.1, 0.15) is 11.4 Å². The number of pyridine rings is 1. The zero-order valence-corrected chi connectivity index (χ0v) is 13.9. The predicted molar refractivity (Wildman–Crippen MR) is 87.3 cm³/mol. The van der Waals surface area contributed by atoms with Gasteiger partial charge in [-0.3, -0.25) is 9.78 Å². The molecular weight excluding hydrogens is 278 g/mol. The van der Waals surface area contributed by atoms with Crippen molar-refractivity contribution in [2.45, 2.75) is 38.1 Å². The van der Waals surface area contributed by atoms with Crippen LogP contribution in [0.2, 0.25) is 0 Å². The lowest BCUT2D eigenvalue weighted by molar-refractivity contribution is 0.0761. The van der Waals surface area contributed by atoms with Crippen molar-refractivity contribution in [2.24, 2.45) is 0 Å². The third-order valence-corrected chi connectivity index (χ3v) is 4.52. The molecule has 0 N–H and O–H groups in total. The Balaban J connectivity index is 1.85. The van der Waals surface area contributed by atoms with Gasteiger partial charge in [0.15, 0.2) is 0 Å². The van der Waals surface area contributed by atoms with Gasteiger partial charge in [0, 0.05) is 38.4 Å². The average molecular weight is 305 g/mol. The molecule has 122 valence electrons. The Morgan fingerprint density at radius 1 is 1.27 bits per heavy atom. The van der Waals surface area contributed by atoms with Crippen LogP contribution >= 0.6 is 0 Å². The molecule has 1 fully saturated rings. The highest BCUT2D eigenvalue weighted by Gasteiger charge is 2.19. The largest absolute Gasteiger partial charge is 0.497 e. The van der Waals surface area contributed by atoms with Crippen LogP contribution in [-0.2, 0) is 0 Å². The van der Waals surface area contributed by atoms with Gasteiger partial charge < -0.3 is 14.5 Å². The van der Waals surface area contributed by atoms with Gasteiger partial charge in [-0.25, -0.2) is 0 Å². The van der Waals surface area contributed by atoms with Crippen LogP contribution in [0, 0.1) is 0 Å². The molecule has 22 heavy (non-hydrogen) atoms. The second-order valence-corrected chi connectivity index (χ2v) is 6.08. The number of amides is 1. The topological polar surface area (TPSA) is 45.7 Å². The molecule has 0 bridgehead atoms.